The highest BCUT2D eigenvalue weighted by Crippen LogP contribution is 2.51. The summed E-state index contributed by atoms with van der Waals surface area (Å²) in [5.74, 6) is -0.791. The fourth-order valence-corrected chi connectivity index (χ4v) is 9.12. The molecule has 0 spiro atoms. The highest BCUT2D eigenvalue weighted by molar-refractivity contribution is 7.23. The number of ether oxygens (including phenoxy) is 3. The van der Waals surface area contributed by atoms with Gasteiger partial charge < -0.3 is 24.8 Å². The van der Waals surface area contributed by atoms with Gasteiger partial charge in [-0.05, 0) is 43.9 Å². The largest absolute Gasteiger partial charge is 0.489 e. The maximum Gasteiger partial charge on any atom is 0.319 e. The van der Waals surface area contributed by atoms with Gasteiger partial charge in [-0.3, -0.25) is 4.90 Å². The first-order valence-electron chi connectivity index (χ1n) is 15.3. The molecule has 4 aliphatic heterocycles. The number of hydrogen-bond donors (Lipinski definition) is 1. The molecular weight excluding hydrogens is 641 g/mol. The highest BCUT2D eigenvalue weighted by atomic mass is 35.5. The summed E-state index contributed by atoms with van der Waals surface area (Å²) in [6.45, 7) is 2.04. The zero-order valence-corrected chi connectivity index (χ0v) is 26.5. The Kier molecular flexibility index (Phi) is 7.13. The maximum atomic E-state index is 17.1. The topological polar surface area (TPSA) is 110 Å². The second kappa shape index (κ2) is 11.0. The van der Waals surface area contributed by atoms with E-state index in [2.05, 4.69) is 9.88 Å². The summed E-state index contributed by atoms with van der Waals surface area (Å²) in [7, 11) is 1.66. The van der Waals surface area contributed by atoms with Crippen molar-refractivity contribution in [1.29, 1.82) is 5.26 Å². The van der Waals surface area contributed by atoms with E-state index < -0.39 is 23.3 Å². The maximum absolute atomic E-state index is 17.1. The van der Waals surface area contributed by atoms with Gasteiger partial charge in [0.2, 0.25) is 0 Å². The van der Waals surface area contributed by atoms with Crippen LogP contribution >= 0.6 is 22.9 Å². The first kappa shape index (κ1) is 29.8. The van der Waals surface area contributed by atoms with E-state index in [-0.39, 0.29) is 84.8 Å². The summed E-state index contributed by atoms with van der Waals surface area (Å²) in [4.78, 5) is 13.6. The van der Waals surface area contributed by atoms with Crippen molar-refractivity contribution in [1.82, 2.24) is 14.9 Å². The number of methoxy groups -OCH3 is 1. The fourth-order valence-electron chi connectivity index (χ4n) is 7.83. The van der Waals surface area contributed by atoms with Crippen molar-refractivity contribution in [3.63, 3.8) is 0 Å². The molecule has 2 unspecified atom stereocenters. The van der Waals surface area contributed by atoms with Crippen LogP contribution in [0.3, 0.4) is 0 Å². The fraction of sp³-hybridized carbons (Fsp3) is 0.469. The van der Waals surface area contributed by atoms with Crippen molar-refractivity contribution in [3.05, 3.63) is 34.4 Å². The van der Waals surface area contributed by atoms with Crippen molar-refractivity contribution in [3.8, 4) is 29.0 Å². The lowest BCUT2D eigenvalue weighted by molar-refractivity contribution is 0.0764. The Morgan fingerprint density at radius 2 is 2.09 bits per heavy atom. The van der Waals surface area contributed by atoms with Gasteiger partial charge in [-0.25, -0.2) is 13.2 Å². The third-order valence-electron chi connectivity index (χ3n) is 10.1. The van der Waals surface area contributed by atoms with Crippen LogP contribution in [0.4, 0.5) is 24.0 Å². The summed E-state index contributed by atoms with van der Waals surface area (Å²) in [6, 6.07) is 4.46. The number of piperidine rings is 1. The molecule has 4 atom stereocenters. The summed E-state index contributed by atoms with van der Waals surface area (Å²) in [6.07, 6.45) is 2.59. The number of nitrogen functional groups attached to an aromatic ring is 1. The molecule has 3 fully saturated rings. The Morgan fingerprint density at radius 3 is 2.89 bits per heavy atom. The molecule has 4 aromatic rings. The van der Waals surface area contributed by atoms with E-state index in [0.29, 0.717) is 25.3 Å². The Balaban J connectivity index is 1.35. The average molecular weight is 671 g/mol. The van der Waals surface area contributed by atoms with Gasteiger partial charge in [0.1, 0.15) is 47.6 Å². The van der Waals surface area contributed by atoms with Crippen molar-refractivity contribution in [2.24, 2.45) is 0 Å². The normalized spacial score (nSPS) is 25.7. The summed E-state index contributed by atoms with van der Waals surface area (Å²) < 4.78 is 65.0. The number of rotatable bonds is 5. The number of nitrogens with two attached hydrogens (primary N) is 1. The molecule has 240 valence electrons. The van der Waals surface area contributed by atoms with Crippen LogP contribution in [-0.2, 0) is 4.74 Å². The van der Waals surface area contributed by atoms with Crippen LogP contribution in [0.25, 0.3) is 32.1 Å². The second-order valence-corrected chi connectivity index (χ2v) is 14.0. The Labute approximate surface area is 271 Å². The van der Waals surface area contributed by atoms with Gasteiger partial charge in [0.15, 0.2) is 11.6 Å². The first-order chi connectivity index (χ1) is 22.2. The number of nitriles is 1. The number of benzene rings is 2. The Morgan fingerprint density at radius 1 is 1.24 bits per heavy atom. The SMILES string of the molecule is COC1CCC2COc3c(Cl)c(-c4ccc(F)c5sc(N)c(C#N)c45)c(F)c4nc(OC[C@@]56CCCN5C[C@H](F)C6)nc(c34)N2C1. The van der Waals surface area contributed by atoms with Crippen LogP contribution in [0, 0.1) is 23.0 Å². The molecular formula is C32H30ClF3N6O3S. The third-order valence-corrected chi connectivity index (χ3v) is 11.4. The number of nitrogens with zero attached hydrogens (tertiary/aromatic N) is 5. The van der Waals surface area contributed by atoms with Crippen molar-refractivity contribution in [2.45, 2.75) is 56.0 Å². The Bertz CT molecular complexity index is 1950. The van der Waals surface area contributed by atoms with E-state index in [0.717, 1.165) is 43.6 Å². The van der Waals surface area contributed by atoms with E-state index in [1.165, 1.54) is 12.1 Å². The monoisotopic (exact) mass is 670 g/mol. The minimum absolute atomic E-state index is 0.0371. The van der Waals surface area contributed by atoms with E-state index in [9.17, 15) is 14.0 Å². The van der Waals surface area contributed by atoms with Crippen LogP contribution in [0.5, 0.6) is 11.8 Å². The molecule has 2 aromatic heterocycles. The molecule has 9 nitrogen and oxygen atoms in total. The summed E-state index contributed by atoms with van der Waals surface area (Å²) >= 11 is 7.94. The van der Waals surface area contributed by atoms with Crippen molar-refractivity contribution < 1.29 is 27.4 Å². The predicted molar refractivity (Wildman–Crippen MR) is 170 cm³/mol. The number of aromatic nitrogens is 2. The number of halogens is 4. The lowest BCUT2D eigenvalue weighted by atomic mass is 9.95. The van der Waals surface area contributed by atoms with Crippen LogP contribution in [0.15, 0.2) is 12.1 Å². The Hall–Kier alpha value is -3.57. The molecule has 2 N–H and O–H groups in total. The molecule has 0 amide bonds. The lowest BCUT2D eigenvalue weighted by Gasteiger charge is -2.38. The van der Waals surface area contributed by atoms with Crippen LogP contribution in [0.2, 0.25) is 5.02 Å². The van der Waals surface area contributed by atoms with E-state index in [1.807, 2.05) is 11.0 Å². The predicted octanol–water partition coefficient (Wildman–Crippen LogP) is 6.23. The van der Waals surface area contributed by atoms with Crippen LogP contribution in [0.1, 0.15) is 37.7 Å². The second-order valence-electron chi connectivity index (χ2n) is 12.6. The summed E-state index contributed by atoms with van der Waals surface area (Å²) in [5.41, 5.74) is 5.66. The van der Waals surface area contributed by atoms with Crippen molar-refractivity contribution >= 4 is 54.7 Å². The highest BCUT2D eigenvalue weighted by Gasteiger charge is 2.49. The minimum Gasteiger partial charge on any atom is -0.489 e. The zero-order chi connectivity index (χ0) is 31.9. The molecule has 3 saturated heterocycles. The van der Waals surface area contributed by atoms with Crippen LogP contribution in [-0.4, -0.2) is 78.7 Å². The van der Waals surface area contributed by atoms with Gasteiger partial charge in [-0.2, -0.15) is 15.2 Å². The van der Waals surface area contributed by atoms with Gasteiger partial charge in [-0.15, -0.1) is 11.3 Å². The first-order valence-corrected chi connectivity index (χ1v) is 16.5. The number of hydrogen-bond acceptors (Lipinski definition) is 10. The molecule has 4 aliphatic rings. The van der Waals surface area contributed by atoms with Gasteiger partial charge >= 0.3 is 6.01 Å². The summed E-state index contributed by atoms with van der Waals surface area (Å²) in [5, 5.41) is 10.4. The average Bonchev–Trinajstić information content (AvgIpc) is 3.66. The molecule has 0 bridgehead atoms. The molecule has 0 aliphatic carbocycles. The van der Waals surface area contributed by atoms with Crippen molar-refractivity contribution in [2.75, 3.05) is 50.6 Å². The quantitative estimate of drug-likeness (QED) is 0.264. The third kappa shape index (κ3) is 4.41. The molecule has 8 rings (SSSR count). The number of thiophene rings is 1. The molecule has 46 heavy (non-hydrogen) atoms. The zero-order valence-electron chi connectivity index (χ0n) is 24.9. The van der Waals surface area contributed by atoms with E-state index in [1.54, 1.807) is 7.11 Å². The lowest BCUT2D eigenvalue weighted by Crippen LogP contribution is -2.48. The van der Waals surface area contributed by atoms with E-state index in [4.69, 9.17) is 36.5 Å². The van der Waals surface area contributed by atoms with E-state index >= 15 is 4.39 Å². The number of fused-ring (bicyclic) bond motifs is 4. The molecule has 14 heteroatoms. The minimum atomic E-state index is -0.940. The smallest absolute Gasteiger partial charge is 0.319 e. The molecule has 6 heterocycles. The molecule has 2 aromatic carbocycles. The van der Waals surface area contributed by atoms with Gasteiger partial charge in [0, 0.05) is 37.6 Å². The van der Waals surface area contributed by atoms with Gasteiger partial charge in [0.25, 0.3) is 0 Å². The van der Waals surface area contributed by atoms with Gasteiger partial charge in [-0.1, -0.05) is 17.7 Å². The number of alkyl halides is 1. The molecule has 0 saturated carbocycles. The standard InChI is InChI=1S/C32H30ClF3N6O3S/c1-43-17-4-3-16-13-44-27-23-26(25(36)22(24(27)33)18-5-6-20(35)28-21(18)19(10-37)29(38)46-28)39-31(40-30(23)42(16)12-17)45-14-32-7-2-8-41(32)11-15(34)9-32/h5-6,15-17H,2-4,7-9,11-14,38H2,1H3/t15-,16?,17?,32+/m1/s1. The number of anilines is 2. The molecule has 0 radical (unpaired) electrons. The van der Waals surface area contributed by atoms with Gasteiger partial charge in [0.05, 0.1) is 38.4 Å². The van der Waals surface area contributed by atoms with Crippen LogP contribution < -0.4 is 20.1 Å².